The van der Waals surface area contributed by atoms with E-state index in [1.807, 2.05) is 42.5 Å². The van der Waals surface area contributed by atoms with E-state index in [1.54, 1.807) is 31.1 Å². The van der Waals surface area contributed by atoms with Gasteiger partial charge in [-0.2, -0.15) is 0 Å². The summed E-state index contributed by atoms with van der Waals surface area (Å²) in [6, 6.07) is 17.1. The highest BCUT2D eigenvalue weighted by Gasteiger charge is 2.18. The second kappa shape index (κ2) is 17.3. The molecule has 0 heterocycles. The van der Waals surface area contributed by atoms with Gasteiger partial charge in [0.1, 0.15) is 19.0 Å². The van der Waals surface area contributed by atoms with E-state index in [4.69, 9.17) is 23.7 Å². The van der Waals surface area contributed by atoms with Gasteiger partial charge in [0.15, 0.2) is 6.10 Å². The molecule has 0 aliphatic rings. The largest absolute Gasteiger partial charge is 0.492 e. The van der Waals surface area contributed by atoms with E-state index in [1.165, 1.54) is 0 Å². The molecule has 0 saturated carbocycles. The normalized spacial score (nSPS) is 11.6. The lowest BCUT2D eigenvalue weighted by Gasteiger charge is -2.22. The predicted octanol–water partition coefficient (Wildman–Crippen LogP) is 3.79. The third-order valence-electron chi connectivity index (χ3n) is 5.22. The van der Waals surface area contributed by atoms with Crippen LogP contribution in [0.1, 0.15) is 24.5 Å². The van der Waals surface area contributed by atoms with Gasteiger partial charge in [0.25, 0.3) is 0 Å². The Balaban J connectivity index is 1.79. The summed E-state index contributed by atoms with van der Waals surface area (Å²) < 4.78 is 27.0. The van der Waals surface area contributed by atoms with Crippen LogP contribution >= 0.6 is 0 Å². The molecule has 1 amide bonds. The zero-order valence-corrected chi connectivity index (χ0v) is 21.1. The fourth-order valence-electron chi connectivity index (χ4n) is 3.35. The fourth-order valence-corrected chi connectivity index (χ4v) is 3.35. The summed E-state index contributed by atoms with van der Waals surface area (Å²) >= 11 is 0. The average molecular weight is 504 g/mol. The van der Waals surface area contributed by atoms with E-state index >= 15 is 0 Å². The van der Waals surface area contributed by atoms with Crippen LogP contribution in [0, 0.1) is 0 Å². The summed E-state index contributed by atoms with van der Waals surface area (Å²) in [7, 11) is 1.55. The molecule has 0 saturated heterocycles. The number of carboxylic acids is 1. The number of ether oxygens (including phenoxy) is 5. The molecule has 0 aliphatic heterocycles. The molecule has 0 radical (unpaired) electrons. The smallest absolute Gasteiger partial charge is 0.409 e. The number of aliphatic carboxylic acids is 1. The number of carboxylic acid groups (broad SMARTS) is 1. The van der Waals surface area contributed by atoms with Crippen molar-refractivity contribution in [3.63, 3.8) is 0 Å². The maximum atomic E-state index is 12.5. The first-order valence-electron chi connectivity index (χ1n) is 12.1. The number of carbonyl (C=O) groups excluding carboxylic acids is 1. The Kier molecular flexibility index (Phi) is 14.0. The average Bonchev–Trinajstić information content (AvgIpc) is 2.88. The van der Waals surface area contributed by atoms with Gasteiger partial charge in [-0.15, -0.1) is 0 Å². The Hall–Kier alpha value is -3.14. The molecule has 1 N–H and O–H groups in total. The molecule has 0 spiro atoms. The highest BCUT2D eigenvalue weighted by atomic mass is 16.6. The van der Waals surface area contributed by atoms with Crippen molar-refractivity contribution in [2.24, 2.45) is 0 Å². The molecule has 0 bridgehead atoms. The quantitative estimate of drug-likeness (QED) is 0.307. The number of methoxy groups -OCH3 is 1. The molecule has 2 aromatic carbocycles. The van der Waals surface area contributed by atoms with Gasteiger partial charge in [-0.05, 0) is 36.6 Å². The number of hydrogen-bond donors (Lipinski definition) is 1. The number of hydrogen-bond acceptors (Lipinski definition) is 7. The number of benzene rings is 2. The van der Waals surface area contributed by atoms with Crippen LogP contribution in [0.3, 0.4) is 0 Å². The minimum absolute atomic E-state index is 0.178. The second-order valence-corrected chi connectivity index (χ2v) is 7.96. The van der Waals surface area contributed by atoms with Crippen molar-refractivity contribution in [3.8, 4) is 5.75 Å². The highest BCUT2D eigenvalue weighted by molar-refractivity contribution is 5.72. The SMILES string of the molecule is CCOC(Cc1ccc(OCCN(CCCOCc2ccccc2)C(=O)OCCOC)cc1)C(=O)O. The van der Waals surface area contributed by atoms with Gasteiger partial charge in [0.2, 0.25) is 0 Å². The summed E-state index contributed by atoms with van der Waals surface area (Å²) in [6.45, 7) is 4.73. The summed E-state index contributed by atoms with van der Waals surface area (Å²) in [6.07, 6.45) is -0.372. The van der Waals surface area contributed by atoms with Crippen LogP contribution in [0.4, 0.5) is 4.79 Å². The van der Waals surface area contributed by atoms with E-state index in [9.17, 15) is 14.7 Å². The zero-order chi connectivity index (χ0) is 26.0. The standard InChI is InChI=1S/C27H37NO8/c1-3-34-25(26(29)30)20-22-10-12-24(13-11-22)35-17-15-28(27(31)36-19-18-32-2)14-7-16-33-21-23-8-5-4-6-9-23/h4-6,8-13,25H,3,7,14-21H2,1-2H3,(H,29,30). The summed E-state index contributed by atoms with van der Waals surface area (Å²) in [5.41, 5.74) is 1.94. The summed E-state index contributed by atoms with van der Waals surface area (Å²) in [5, 5.41) is 9.24. The van der Waals surface area contributed by atoms with Crippen molar-refractivity contribution >= 4 is 12.1 Å². The Morgan fingerprint density at radius 3 is 2.33 bits per heavy atom. The monoisotopic (exact) mass is 503 g/mol. The van der Waals surface area contributed by atoms with E-state index in [0.29, 0.717) is 51.7 Å². The second-order valence-electron chi connectivity index (χ2n) is 7.96. The van der Waals surface area contributed by atoms with Gasteiger partial charge < -0.3 is 33.7 Å². The van der Waals surface area contributed by atoms with Crippen LogP contribution in [-0.4, -0.2) is 81.4 Å². The third kappa shape index (κ3) is 11.5. The number of rotatable bonds is 18. The van der Waals surface area contributed by atoms with Crippen LogP contribution in [0.15, 0.2) is 54.6 Å². The van der Waals surface area contributed by atoms with Crippen molar-refractivity contribution in [2.75, 3.05) is 53.2 Å². The van der Waals surface area contributed by atoms with Crippen molar-refractivity contribution in [1.29, 1.82) is 0 Å². The van der Waals surface area contributed by atoms with Crippen LogP contribution in [0.5, 0.6) is 5.75 Å². The van der Waals surface area contributed by atoms with Gasteiger partial charge in [-0.25, -0.2) is 9.59 Å². The topological polar surface area (TPSA) is 104 Å². The van der Waals surface area contributed by atoms with Gasteiger partial charge >= 0.3 is 12.1 Å². The molecular weight excluding hydrogens is 466 g/mol. The molecule has 36 heavy (non-hydrogen) atoms. The van der Waals surface area contributed by atoms with Crippen LogP contribution in [0.2, 0.25) is 0 Å². The van der Waals surface area contributed by atoms with Gasteiger partial charge in [0.05, 0.1) is 19.8 Å². The van der Waals surface area contributed by atoms with Crippen molar-refractivity contribution < 1.29 is 38.4 Å². The minimum atomic E-state index is -0.986. The first-order chi connectivity index (χ1) is 17.5. The molecule has 0 fully saturated rings. The third-order valence-corrected chi connectivity index (χ3v) is 5.22. The van der Waals surface area contributed by atoms with E-state index in [0.717, 1.165) is 11.1 Å². The first-order valence-corrected chi connectivity index (χ1v) is 12.1. The fraction of sp³-hybridized carbons (Fsp3) is 0.481. The Morgan fingerprint density at radius 2 is 1.67 bits per heavy atom. The van der Waals surface area contributed by atoms with Gasteiger partial charge in [-0.3, -0.25) is 0 Å². The van der Waals surface area contributed by atoms with Gasteiger partial charge in [0, 0.05) is 33.3 Å². The Morgan fingerprint density at radius 1 is 0.917 bits per heavy atom. The van der Waals surface area contributed by atoms with Crippen LogP contribution in [-0.2, 0) is 36.8 Å². The maximum Gasteiger partial charge on any atom is 0.409 e. The Labute approximate surface area is 212 Å². The summed E-state index contributed by atoms with van der Waals surface area (Å²) in [5.74, 6) is -0.360. The summed E-state index contributed by atoms with van der Waals surface area (Å²) in [4.78, 5) is 25.4. The molecular formula is C27H37NO8. The molecule has 1 unspecified atom stereocenters. The molecule has 0 aromatic heterocycles. The molecule has 198 valence electrons. The number of carbonyl (C=O) groups is 2. The molecule has 9 heteroatoms. The van der Waals surface area contributed by atoms with E-state index < -0.39 is 18.2 Å². The predicted molar refractivity (Wildman–Crippen MR) is 134 cm³/mol. The number of nitrogens with zero attached hydrogens (tertiary/aromatic N) is 1. The molecule has 1 atom stereocenters. The lowest BCUT2D eigenvalue weighted by Crippen LogP contribution is -2.36. The molecule has 0 aliphatic carbocycles. The molecule has 9 nitrogen and oxygen atoms in total. The van der Waals surface area contributed by atoms with Gasteiger partial charge in [-0.1, -0.05) is 42.5 Å². The lowest BCUT2D eigenvalue weighted by molar-refractivity contribution is -0.149. The zero-order valence-electron chi connectivity index (χ0n) is 21.1. The lowest BCUT2D eigenvalue weighted by atomic mass is 10.1. The van der Waals surface area contributed by atoms with E-state index in [-0.39, 0.29) is 19.6 Å². The highest BCUT2D eigenvalue weighted by Crippen LogP contribution is 2.15. The number of amides is 1. The Bertz CT molecular complexity index is 875. The maximum absolute atomic E-state index is 12.5. The van der Waals surface area contributed by atoms with Crippen molar-refractivity contribution in [2.45, 2.75) is 32.5 Å². The van der Waals surface area contributed by atoms with Crippen LogP contribution < -0.4 is 4.74 Å². The molecule has 2 rings (SSSR count). The molecule has 2 aromatic rings. The van der Waals surface area contributed by atoms with E-state index in [2.05, 4.69) is 0 Å². The first kappa shape index (κ1) is 29.1. The van der Waals surface area contributed by atoms with Crippen LogP contribution in [0.25, 0.3) is 0 Å². The van der Waals surface area contributed by atoms with Crippen molar-refractivity contribution in [3.05, 3.63) is 65.7 Å². The van der Waals surface area contributed by atoms with Crippen molar-refractivity contribution in [1.82, 2.24) is 4.90 Å². The minimum Gasteiger partial charge on any atom is -0.492 e.